The van der Waals surface area contributed by atoms with Crippen molar-refractivity contribution < 1.29 is 9.53 Å². The van der Waals surface area contributed by atoms with Gasteiger partial charge in [-0.25, -0.2) is 0 Å². The first kappa shape index (κ1) is 12.3. The molecule has 0 bridgehead atoms. The Morgan fingerprint density at radius 1 is 1.56 bits per heavy atom. The fourth-order valence-electron chi connectivity index (χ4n) is 1.59. The van der Waals surface area contributed by atoms with Gasteiger partial charge in [-0.05, 0) is 31.6 Å². The van der Waals surface area contributed by atoms with Crippen molar-refractivity contribution in [2.24, 2.45) is 0 Å². The first-order chi connectivity index (χ1) is 7.63. The van der Waals surface area contributed by atoms with Crippen molar-refractivity contribution in [1.82, 2.24) is 4.90 Å². The molecule has 0 aliphatic carbocycles. The van der Waals surface area contributed by atoms with Crippen molar-refractivity contribution in [1.29, 1.82) is 0 Å². The van der Waals surface area contributed by atoms with E-state index in [1.807, 2.05) is 31.0 Å². The van der Waals surface area contributed by atoms with Gasteiger partial charge in [-0.2, -0.15) is 0 Å². The summed E-state index contributed by atoms with van der Waals surface area (Å²) in [4.78, 5) is 13.0. The quantitative estimate of drug-likeness (QED) is 0.683. The molecule has 1 aliphatic rings. The molecule has 0 radical (unpaired) electrons. The summed E-state index contributed by atoms with van der Waals surface area (Å²) in [6.07, 6.45) is 6.36. The number of aldehydes is 1. The molecule has 0 fully saturated rings. The zero-order chi connectivity index (χ0) is 12.1. The molecular formula is C13H17NO2. The monoisotopic (exact) mass is 219 g/mol. The second-order valence-corrected chi connectivity index (χ2v) is 3.49. The van der Waals surface area contributed by atoms with E-state index in [2.05, 4.69) is 6.58 Å². The number of hydrogen-bond acceptors (Lipinski definition) is 3. The summed E-state index contributed by atoms with van der Waals surface area (Å²) in [6.45, 7) is 8.61. The van der Waals surface area contributed by atoms with E-state index in [4.69, 9.17) is 4.74 Å². The summed E-state index contributed by atoms with van der Waals surface area (Å²) in [5.41, 5.74) is 2.19. The van der Waals surface area contributed by atoms with Crippen molar-refractivity contribution in [2.45, 2.75) is 13.8 Å². The number of ether oxygens (including phenoxy) is 1. The highest BCUT2D eigenvalue weighted by molar-refractivity contribution is 5.82. The normalized spacial score (nSPS) is 26.6. The van der Waals surface area contributed by atoms with Gasteiger partial charge in [0.05, 0.1) is 7.11 Å². The van der Waals surface area contributed by atoms with E-state index >= 15 is 0 Å². The topological polar surface area (TPSA) is 29.5 Å². The summed E-state index contributed by atoms with van der Waals surface area (Å²) in [7, 11) is 1.60. The number of hydrogen-bond donors (Lipinski definition) is 0. The molecular weight excluding hydrogens is 202 g/mol. The van der Waals surface area contributed by atoms with Crippen molar-refractivity contribution in [2.75, 3.05) is 13.7 Å². The lowest BCUT2D eigenvalue weighted by Gasteiger charge is -2.23. The van der Waals surface area contributed by atoms with Crippen LogP contribution in [0.4, 0.5) is 0 Å². The summed E-state index contributed by atoms with van der Waals surface area (Å²) < 4.78 is 5.17. The molecule has 1 heterocycles. The zero-order valence-corrected chi connectivity index (χ0v) is 9.99. The largest absolute Gasteiger partial charge is 0.497 e. The molecule has 86 valence electrons. The molecule has 16 heavy (non-hydrogen) atoms. The average Bonchev–Trinajstić information content (AvgIpc) is 2.27. The molecule has 0 N–H and O–H groups in total. The zero-order valence-electron chi connectivity index (χ0n) is 9.99. The molecule has 1 aliphatic heterocycles. The summed E-state index contributed by atoms with van der Waals surface area (Å²) in [6, 6.07) is 0. The van der Waals surface area contributed by atoms with E-state index in [1.54, 1.807) is 13.2 Å². The van der Waals surface area contributed by atoms with Crippen LogP contribution in [0.2, 0.25) is 0 Å². The SMILES string of the molecule is C=C1/C=C(OC)\C=C/N(CC)/C(C)=C\1C=O. The van der Waals surface area contributed by atoms with Gasteiger partial charge >= 0.3 is 0 Å². The van der Waals surface area contributed by atoms with E-state index in [9.17, 15) is 4.79 Å². The number of allylic oxidation sites excluding steroid dienone is 5. The van der Waals surface area contributed by atoms with Crippen LogP contribution < -0.4 is 0 Å². The molecule has 1 rings (SSSR count). The number of rotatable bonds is 3. The molecule has 0 aromatic carbocycles. The van der Waals surface area contributed by atoms with Crippen molar-refractivity contribution in [3.05, 3.63) is 47.5 Å². The Balaban J connectivity index is 3.27. The predicted molar refractivity (Wildman–Crippen MR) is 64.5 cm³/mol. The second kappa shape index (κ2) is 5.35. The van der Waals surface area contributed by atoms with Crippen molar-refractivity contribution >= 4 is 6.29 Å². The summed E-state index contributed by atoms with van der Waals surface area (Å²) in [5, 5.41) is 0. The Kier molecular flexibility index (Phi) is 4.11. The summed E-state index contributed by atoms with van der Waals surface area (Å²) in [5.74, 6) is 0.690. The maximum Gasteiger partial charge on any atom is 0.152 e. The van der Waals surface area contributed by atoms with Gasteiger partial charge in [-0.15, -0.1) is 0 Å². The van der Waals surface area contributed by atoms with Gasteiger partial charge in [-0.3, -0.25) is 4.79 Å². The highest BCUT2D eigenvalue weighted by Crippen LogP contribution is 2.21. The molecule has 3 nitrogen and oxygen atoms in total. The maximum atomic E-state index is 11.1. The molecule has 0 saturated carbocycles. The van der Waals surface area contributed by atoms with Crippen LogP contribution in [-0.4, -0.2) is 24.8 Å². The van der Waals surface area contributed by atoms with Crippen LogP contribution in [0, 0.1) is 0 Å². The highest BCUT2D eigenvalue weighted by Gasteiger charge is 2.12. The van der Waals surface area contributed by atoms with E-state index in [-0.39, 0.29) is 0 Å². The average molecular weight is 219 g/mol. The lowest BCUT2D eigenvalue weighted by molar-refractivity contribution is -0.104. The third-order valence-corrected chi connectivity index (χ3v) is 2.60. The molecule has 0 unspecified atom stereocenters. The molecule has 0 saturated heterocycles. The minimum atomic E-state index is 0.612. The van der Waals surface area contributed by atoms with Gasteiger partial charge in [-0.1, -0.05) is 6.58 Å². The van der Waals surface area contributed by atoms with Gasteiger partial charge in [0.2, 0.25) is 0 Å². The highest BCUT2D eigenvalue weighted by atomic mass is 16.5. The Morgan fingerprint density at radius 2 is 2.25 bits per heavy atom. The van der Waals surface area contributed by atoms with E-state index < -0.39 is 0 Å². The molecule has 3 heteroatoms. The van der Waals surface area contributed by atoms with Crippen molar-refractivity contribution in [3.63, 3.8) is 0 Å². The molecule has 0 amide bonds. The molecule has 0 spiro atoms. The summed E-state index contributed by atoms with van der Waals surface area (Å²) >= 11 is 0. The van der Waals surface area contributed by atoms with Crippen molar-refractivity contribution in [3.8, 4) is 0 Å². The Labute approximate surface area is 96.4 Å². The lowest BCUT2D eigenvalue weighted by atomic mass is 10.0. The third-order valence-electron chi connectivity index (χ3n) is 2.60. The molecule has 0 aromatic heterocycles. The van der Waals surface area contributed by atoms with Crippen LogP contribution in [0.3, 0.4) is 0 Å². The third kappa shape index (κ3) is 2.42. The molecule has 0 atom stereocenters. The van der Waals surface area contributed by atoms with Gasteiger partial charge in [0.25, 0.3) is 0 Å². The predicted octanol–water partition coefficient (Wildman–Crippen LogP) is 2.40. The first-order valence-electron chi connectivity index (χ1n) is 5.19. The maximum absolute atomic E-state index is 11.1. The Bertz CT molecular complexity index is 389. The lowest BCUT2D eigenvalue weighted by Crippen LogP contribution is -2.18. The van der Waals surface area contributed by atoms with E-state index in [1.165, 1.54) is 0 Å². The minimum Gasteiger partial charge on any atom is -0.497 e. The number of carbonyl (C=O) groups is 1. The van der Waals surface area contributed by atoms with Crippen LogP contribution in [-0.2, 0) is 9.53 Å². The Hall–Kier alpha value is -1.77. The molecule has 0 aromatic rings. The van der Waals surface area contributed by atoms with Crippen LogP contribution in [0.1, 0.15) is 13.8 Å². The standard InChI is InChI=1S/C13H17NO2/c1-5-14-7-6-12(16-4)8-10(2)13(9-15)11(14)3/h6-9H,2,5H2,1,3-4H3/b7-6-,12-8+,13-11-. The minimum absolute atomic E-state index is 0.612. The van der Waals surface area contributed by atoms with Crippen LogP contribution in [0.25, 0.3) is 0 Å². The van der Waals surface area contributed by atoms with Crippen LogP contribution >= 0.6 is 0 Å². The van der Waals surface area contributed by atoms with E-state index in [0.717, 1.165) is 18.5 Å². The fourth-order valence-corrected chi connectivity index (χ4v) is 1.59. The number of nitrogens with zero attached hydrogens (tertiary/aromatic N) is 1. The van der Waals surface area contributed by atoms with E-state index in [0.29, 0.717) is 16.9 Å². The van der Waals surface area contributed by atoms with Gasteiger partial charge in [0.1, 0.15) is 5.76 Å². The van der Waals surface area contributed by atoms with Crippen LogP contribution in [0.15, 0.2) is 47.5 Å². The number of carbonyl (C=O) groups excluding carboxylic acids is 1. The number of methoxy groups -OCH3 is 1. The van der Waals surface area contributed by atoms with Crippen LogP contribution in [0.5, 0.6) is 0 Å². The van der Waals surface area contributed by atoms with Gasteiger partial charge < -0.3 is 9.64 Å². The smallest absolute Gasteiger partial charge is 0.152 e. The van der Waals surface area contributed by atoms with Gasteiger partial charge in [0, 0.05) is 24.0 Å². The first-order valence-corrected chi connectivity index (χ1v) is 5.19. The Morgan fingerprint density at radius 3 is 2.75 bits per heavy atom. The fraction of sp³-hybridized carbons (Fsp3) is 0.308. The second-order valence-electron chi connectivity index (χ2n) is 3.49. The van der Waals surface area contributed by atoms with Gasteiger partial charge in [0.15, 0.2) is 6.29 Å².